The van der Waals surface area contributed by atoms with Crippen molar-refractivity contribution in [2.24, 2.45) is 0 Å². The summed E-state index contributed by atoms with van der Waals surface area (Å²) in [6.45, 7) is 13.8. The molecule has 17 heavy (non-hydrogen) atoms. The van der Waals surface area contributed by atoms with E-state index in [1.807, 2.05) is 0 Å². The molecule has 0 saturated carbocycles. The number of hydrogen-bond acceptors (Lipinski definition) is 0. The number of hydrogen-bond donors (Lipinski definition) is 0. The Morgan fingerprint density at radius 3 is 1.18 bits per heavy atom. The van der Waals surface area contributed by atoms with Gasteiger partial charge in [0.15, 0.2) is 0 Å². The summed E-state index contributed by atoms with van der Waals surface area (Å²) in [5.41, 5.74) is 9.54. The largest absolute Gasteiger partial charge is 0.439 e. The predicted octanol–water partition coefficient (Wildman–Crippen LogP) is 4.72. The molecular weight excluding hydrogens is 216 g/mol. The van der Waals surface area contributed by atoms with Crippen molar-refractivity contribution in [3.05, 3.63) is 40.8 Å². The predicted molar refractivity (Wildman–Crippen MR) is 77.1 cm³/mol. The van der Waals surface area contributed by atoms with Crippen LogP contribution in [0.1, 0.15) is 54.4 Å². The van der Waals surface area contributed by atoms with Gasteiger partial charge in [0, 0.05) is 0 Å². The summed E-state index contributed by atoms with van der Waals surface area (Å²) in [5, 5.41) is 0. The van der Waals surface area contributed by atoms with E-state index in [0.29, 0.717) is 0 Å². The second-order valence-corrected chi connectivity index (χ2v) is 7.86. The van der Waals surface area contributed by atoms with Crippen LogP contribution in [-0.4, -0.2) is 20.4 Å². The lowest BCUT2D eigenvalue weighted by atomic mass is 10.1. The maximum absolute atomic E-state index is 2.33. The Balaban J connectivity index is 2.18. The fraction of sp³-hybridized carbons (Fsp3) is 0.500. The van der Waals surface area contributed by atoms with Gasteiger partial charge in [-0.05, 0) is 54.4 Å². The van der Waals surface area contributed by atoms with Crippen LogP contribution in [0.2, 0.25) is 0 Å². The van der Waals surface area contributed by atoms with E-state index in [0.717, 1.165) is 0 Å². The van der Waals surface area contributed by atoms with Crippen LogP contribution in [0.25, 0.3) is 0 Å². The molecule has 0 spiro atoms. The molecule has 0 aromatic rings. The first-order valence-electron chi connectivity index (χ1n) is 6.62. The lowest BCUT2D eigenvalue weighted by molar-refractivity contribution is 1.18. The Morgan fingerprint density at radius 2 is 0.941 bits per heavy atom. The third kappa shape index (κ3) is 2.32. The highest BCUT2D eigenvalue weighted by Gasteiger charge is 2.22. The van der Waals surface area contributed by atoms with Crippen molar-refractivity contribution in [3.63, 3.8) is 0 Å². The summed E-state index contributed by atoms with van der Waals surface area (Å²) in [6.07, 6.45) is 2.53. The third-order valence-electron chi connectivity index (χ3n) is 4.85. The smallest absolute Gasteiger partial charge is 0.179 e. The SMILES string of the molecule is CC1=C(C)C(C)=[C]([Mg][C]2=C(C)C(C)=C(C)C2)C1. The first-order chi connectivity index (χ1) is 7.91. The molecule has 0 bridgehead atoms. The first-order valence-corrected chi connectivity index (χ1v) is 8.04. The Hall–Kier alpha value is -0.274. The van der Waals surface area contributed by atoms with Gasteiger partial charge in [-0.1, -0.05) is 33.4 Å². The van der Waals surface area contributed by atoms with Gasteiger partial charge in [-0.3, -0.25) is 0 Å². The highest BCUT2D eigenvalue weighted by Crippen LogP contribution is 2.36. The molecule has 0 fully saturated rings. The minimum atomic E-state index is -0.182. The van der Waals surface area contributed by atoms with Crippen LogP contribution >= 0.6 is 0 Å². The van der Waals surface area contributed by atoms with Crippen molar-refractivity contribution in [2.75, 3.05) is 0 Å². The van der Waals surface area contributed by atoms with E-state index < -0.39 is 0 Å². The van der Waals surface area contributed by atoms with Crippen LogP contribution in [0.15, 0.2) is 40.8 Å². The number of allylic oxidation sites excluding steroid dienone is 8. The van der Waals surface area contributed by atoms with E-state index >= 15 is 0 Å². The molecule has 0 aromatic carbocycles. The van der Waals surface area contributed by atoms with Gasteiger partial charge in [0.2, 0.25) is 0 Å². The van der Waals surface area contributed by atoms with Gasteiger partial charge in [-0.25, -0.2) is 0 Å². The van der Waals surface area contributed by atoms with Crippen LogP contribution in [0.3, 0.4) is 0 Å². The van der Waals surface area contributed by atoms with Crippen LogP contribution in [0, 0.1) is 0 Å². The maximum atomic E-state index is 2.33. The summed E-state index contributed by atoms with van der Waals surface area (Å²) in [5.74, 6) is 0. The quantitative estimate of drug-likeness (QED) is 0.611. The molecule has 0 heterocycles. The lowest BCUT2D eigenvalue weighted by Gasteiger charge is -2.07. The normalized spacial score (nSPS) is 21.1. The van der Waals surface area contributed by atoms with Crippen LogP contribution < -0.4 is 0 Å². The van der Waals surface area contributed by atoms with Gasteiger partial charge < -0.3 is 0 Å². The zero-order valence-electron chi connectivity index (χ0n) is 12.1. The summed E-state index contributed by atoms with van der Waals surface area (Å²) < 4.78 is 3.58. The second kappa shape index (κ2) is 4.77. The van der Waals surface area contributed by atoms with Crippen molar-refractivity contribution in [1.82, 2.24) is 0 Å². The molecule has 0 saturated heterocycles. The van der Waals surface area contributed by atoms with Gasteiger partial charge in [0.1, 0.15) is 0 Å². The van der Waals surface area contributed by atoms with Gasteiger partial charge >= 0.3 is 20.4 Å². The van der Waals surface area contributed by atoms with Crippen LogP contribution in [-0.2, 0) is 0 Å². The van der Waals surface area contributed by atoms with Crippen molar-refractivity contribution in [3.8, 4) is 0 Å². The molecule has 0 aromatic heterocycles. The molecule has 88 valence electrons. The van der Waals surface area contributed by atoms with E-state index in [4.69, 9.17) is 0 Å². The summed E-state index contributed by atoms with van der Waals surface area (Å²) in [7, 11) is 0. The Labute approximate surface area is 115 Å². The van der Waals surface area contributed by atoms with Gasteiger partial charge in [-0.2, -0.15) is 7.40 Å². The van der Waals surface area contributed by atoms with E-state index in [9.17, 15) is 0 Å². The molecule has 0 N–H and O–H groups in total. The maximum Gasteiger partial charge on any atom is 0.439 e. The molecule has 0 atom stereocenters. The molecule has 0 nitrogen and oxygen atoms in total. The monoisotopic (exact) mass is 238 g/mol. The average Bonchev–Trinajstić information content (AvgIpc) is 2.66. The average molecular weight is 239 g/mol. The highest BCUT2D eigenvalue weighted by atomic mass is 24.5. The highest BCUT2D eigenvalue weighted by molar-refractivity contribution is 6.55. The van der Waals surface area contributed by atoms with E-state index in [-0.39, 0.29) is 20.4 Å². The zero-order chi connectivity index (χ0) is 12.7. The molecule has 2 aliphatic rings. The molecule has 2 aliphatic carbocycles. The summed E-state index contributed by atoms with van der Waals surface area (Å²) in [6, 6.07) is 0. The molecule has 0 aliphatic heterocycles. The van der Waals surface area contributed by atoms with Crippen LogP contribution in [0.4, 0.5) is 0 Å². The standard InChI is InChI=1S/2C8H11.Mg/c2*1-6-4-5-7(2)8(6)3;/h2*4H2,1-3H3;. The summed E-state index contributed by atoms with van der Waals surface area (Å²) in [4.78, 5) is 0. The minimum absolute atomic E-state index is 0.182. The molecule has 2 rings (SSSR count). The zero-order valence-corrected chi connectivity index (χ0v) is 13.5. The second-order valence-electron chi connectivity index (χ2n) is 5.80. The van der Waals surface area contributed by atoms with Crippen molar-refractivity contribution in [1.29, 1.82) is 0 Å². The topological polar surface area (TPSA) is 0 Å². The minimum Gasteiger partial charge on any atom is -0.179 e. The summed E-state index contributed by atoms with van der Waals surface area (Å²) >= 11 is -0.182. The Kier molecular flexibility index (Phi) is 3.70. The van der Waals surface area contributed by atoms with E-state index in [2.05, 4.69) is 41.5 Å². The fourth-order valence-corrected chi connectivity index (χ4v) is 5.56. The molecule has 0 radical (unpaired) electrons. The lowest BCUT2D eigenvalue weighted by Crippen LogP contribution is -2.02. The first kappa shape index (κ1) is 13.2. The molecule has 1 heteroatoms. The molecule has 0 amide bonds. The molecular formula is C16H22Mg. The Bertz CT molecular complexity index is 450. The van der Waals surface area contributed by atoms with Gasteiger partial charge in [-0.15, -0.1) is 0 Å². The van der Waals surface area contributed by atoms with Gasteiger partial charge in [0.05, 0.1) is 0 Å². The number of rotatable bonds is 2. The van der Waals surface area contributed by atoms with Crippen molar-refractivity contribution >= 4 is 20.4 Å². The third-order valence-corrected chi connectivity index (χ3v) is 7.26. The van der Waals surface area contributed by atoms with Crippen molar-refractivity contribution in [2.45, 2.75) is 54.4 Å². The van der Waals surface area contributed by atoms with Crippen LogP contribution in [0.5, 0.6) is 0 Å². The van der Waals surface area contributed by atoms with E-state index in [1.54, 1.807) is 40.8 Å². The fourth-order valence-electron chi connectivity index (χ4n) is 2.99. The Morgan fingerprint density at radius 1 is 0.588 bits per heavy atom. The van der Waals surface area contributed by atoms with Crippen molar-refractivity contribution < 1.29 is 0 Å². The molecule has 0 unspecified atom stereocenters. The van der Waals surface area contributed by atoms with E-state index in [1.165, 1.54) is 12.8 Å². The van der Waals surface area contributed by atoms with Gasteiger partial charge in [0.25, 0.3) is 0 Å².